The lowest BCUT2D eigenvalue weighted by Crippen LogP contribution is -2.06. The summed E-state index contributed by atoms with van der Waals surface area (Å²) in [7, 11) is 0. The molecule has 0 saturated heterocycles. The Kier molecular flexibility index (Phi) is 3.99. The van der Waals surface area contributed by atoms with E-state index in [2.05, 4.69) is 0 Å². The van der Waals surface area contributed by atoms with Crippen molar-refractivity contribution in [1.82, 2.24) is 0 Å². The number of rotatable bonds is 4. The monoisotopic (exact) mass is 365 g/mol. The van der Waals surface area contributed by atoms with Gasteiger partial charge in [-0.2, -0.15) is 0 Å². The van der Waals surface area contributed by atoms with Crippen LogP contribution in [0.3, 0.4) is 0 Å². The Labute approximate surface area is 153 Å². The van der Waals surface area contributed by atoms with Gasteiger partial charge in [-0.3, -0.25) is 14.9 Å². The van der Waals surface area contributed by atoms with Crippen molar-refractivity contribution in [2.45, 2.75) is 26.2 Å². The Hall–Kier alpha value is -3.48. The molecule has 0 fully saturated rings. The van der Waals surface area contributed by atoms with E-state index in [1.54, 1.807) is 18.2 Å². The zero-order chi connectivity index (χ0) is 19.1. The molecular weight excluding hydrogens is 350 g/mol. The zero-order valence-corrected chi connectivity index (χ0v) is 14.5. The summed E-state index contributed by atoms with van der Waals surface area (Å²) in [5, 5.41) is 12.2. The maximum absolute atomic E-state index is 12.1. The van der Waals surface area contributed by atoms with E-state index < -0.39 is 4.92 Å². The van der Waals surface area contributed by atoms with Crippen LogP contribution < -0.4 is 10.4 Å². The second-order valence-electron chi connectivity index (χ2n) is 6.46. The third kappa shape index (κ3) is 2.97. The average molecular weight is 365 g/mol. The Morgan fingerprint density at radius 1 is 1.15 bits per heavy atom. The first-order chi connectivity index (χ1) is 12.9. The summed E-state index contributed by atoms with van der Waals surface area (Å²) in [6.07, 6.45) is 2.47. The van der Waals surface area contributed by atoms with E-state index in [0.717, 1.165) is 35.8 Å². The highest BCUT2D eigenvalue weighted by Gasteiger charge is 2.21. The minimum atomic E-state index is -0.601. The molecule has 0 bridgehead atoms. The third-order valence-corrected chi connectivity index (χ3v) is 4.74. The van der Waals surface area contributed by atoms with E-state index in [-0.39, 0.29) is 28.4 Å². The standard InChI is InChI=1S/C20H15NO6/c1-11(22)12-5-8-18(17(9-12)21(24)25)26-13-6-7-15-14-3-2-4-16(14)20(23)27-19(15)10-13/h5-10H,2-4H2,1H3. The number of ketones is 1. The topological polar surface area (TPSA) is 99.7 Å². The number of nitro groups is 1. The molecule has 0 radical (unpaired) electrons. The molecule has 0 atom stereocenters. The van der Waals surface area contributed by atoms with Gasteiger partial charge in [0.15, 0.2) is 5.78 Å². The number of carbonyl (C=O) groups excluding carboxylic acids is 1. The third-order valence-electron chi connectivity index (χ3n) is 4.74. The lowest BCUT2D eigenvalue weighted by molar-refractivity contribution is -0.385. The molecule has 27 heavy (non-hydrogen) atoms. The Morgan fingerprint density at radius 2 is 1.93 bits per heavy atom. The molecule has 1 aromatic heterocycles. The summed E-state index contributed by atoms with van der Waals surface area (Å²) in [5.74, 6) is 0.0427. The molecule has 136 valence electrons. The van der Waals surface area contributed by atoms with Crippen molar-refractivity contribution >= 4 is 22.4 Å². The molecule has 4 rings (SSSR count). The van der Waals surface area contributed by atoms with Crippen LogP contribution in [0.4, 0.5) is 5.69 Å². The first-order valence-electron chi connectivity index (χ1n) is 8.50. The lowest BCUT2D eigenvalue weighted by atomic mass is 10.1. The van der Waals surface area contributed by atoms with Gasteiger partial charge in [0.1, 0.15) is 11.3 Å². The van der Waals surface area contributed by atoms with E-state index in [1.807, 2.05) is 0 Å². The van der Waals surface area contributed by atoms with Crippen LogP contribution in [0, 0.1) is 10.1 Å². The summed E-state index contributed by atoms with van der Waals surface area (Å²) < 4.78 is 11.1. The zero-order valence-electron chi connectivity index (χ0n) is 14.5. The predicted octanol–water partition coefficient (Wildman–Crippen LogP) is 4.18. The normalized spacial score (nSPS) is 12.8. The van der Waals surface area contributed by atoms with Gasteiger partial charge < -0.3 is 9.15 Å². The van der Waals surface area contributed by atoms with Crippen molar-refractivity contribution < 1.29 is 18.9 Å². The lowest BCUT2D eigenvalue weighted by Gasteiger charge is -2.09. The number of Topliss-reactive ketones (excluding diaryl/α,β-unsaturated/α-hetero) is 1. The number of nitrogens with zero attached hydrogens (tertiary/aromatic N) is 1. The van der Waals surface area contributed by atoms with Gasteiger partial charge in [0, 0.05) is 28.6 Å². The molecular formula is C20H15NO6. The second kappa shape index (κ2) is 6.35. The van der Waals surface area contributed by atoms with Crippen molar-refractivity contribution in [1.29, 1.82) is 0 Å². The highest BCUT2D eigenvalue weighted by Crippen LogP contribution is 2.35. The van der Waals surface area contributed by atoms with Crippen molar-refractivity contribution in [2.75, 3.05) is 0 Å². The summed E-state index contributed by atoms with van der Waals surface area (Å²) >= 11 is 0. The second-order valence-corrected chi connectivity index (χ2v) is 6.46. The Morgan fingerprint density at radius 3 is 2.67 bits per heavy atom. The molecule has 3 aromatic rings. The summed E-state index contributed by atoms with van der Waals surface area (Å²) in [4.78, 5) is 34.3. The number of nitro benzene ring substituents is 1. The first-order valence-corrected chi connectivity index (χ1v) is 8.50. The SMILES string of the molecule is CC(=O)c1ccc(Oc2ccc3c4c(c(=O)oc3c2)CCC4)c([N+](=O)[O-])c1. The van der Waals surface area contributed by atoms with Gasteiger partial charge >= 0.3 is 11.3 Å². The van der Waals surface area contributed by atoms with Gasteiger partial charge in [-0.15, -0.1) is 0 Å². The largest absolute Gasteiger partial charge is 0.450 e. The van der Waals surface area contributed by atoms with E-state index >= 15 is 0 Å². The minimum absolute atomic E-state index is 0.00727. The number of hydrogen-bond acceptors (Lipinski definition) is 6. The van der Waals surface area contributed by atoms with Gasteiger partial charge in [-0.25, -0.2) is 4.79 Å². The van der Waals surface area contributed by atoms with Crippen molar-refractivity contribution in [3.05, 3.63) is 73.6 Å². The number of aryl methyl sites for hydroxylation is 1. The molecule has 0 unspecified atom stereocenters. The van der Waals surface area contributed by atoms with Crippen LogP contribution >= 0.6 is 0 Å². The highest BCUT2D eigenvalue weighted by molar-refractivity contribution is 5.95. The average Bonchev–Trinajstić information content (AvgIpc) is 3.12. The number of benzene rings is 2. The highest BCUT2D eigenvalue weighted by atomic mass is 16.6. The van der Waals surface area contributed by atoms with E-state index in [0.29, 0.717) is 11.3 Å². The number of carbonyl (C=O) groups is 1. The summed E-state index contributed by atoms with van der Waals surface area (Å²) in [6, 6.07) is 9.08. The Bertz CT molecular complexity index is 1160. The molecule has 1 aliphatic rings. The fourth-order valence-electron chi connectivity index (χ4n) is 3.42. The number of hydrogen-bond donors (Lipinski definition) is 0. The van der Waals surface area contributed by atoms with Crippen molar-refractivity contribution in [3.8, 4) is 11.5 Å². The van der Waals surface area contributed by atoms with Crippen LogP contribution in [0.15, 0.2) is 45.6 Å². The van der Waals surface area contributed by atoms with Crippen LogP contribution in [-0.4, -0.2) is 10.7 Å². The quantitative estimate of drug-likeness (QED) is 0.297. The van der Waals surface area contributed by atoms with E-state index in [4.69, 9.17) is 9.15 Å². The van der Waals surface area contributed by atoms with Crippen molar-refractivity contribution in [3.63, 3.8) is 0 Å². The van der Waals surface area contributed by atoms with Gasteiger partial charge in [-0.1, -0.05) is 0 Å². The number of ether oxygens (including phenoxy) is 1. The molecule has 0 aliphatic heterocycles. The minimum Gasteiger partial charge on any atom is -0.450 e. The molecule has 0 saturated carbocycles. The van der Waals surface area contributed by atoms with Crippen LogP contribution in [0.25, 0.3) is 11.0 Å². The predicted molar refractivity (Wildman–Crippen MR) is 97.7 cm³/mol. The maximum Gasteiger partial charge on any atom is 0.339 e. The van der Waals surface area contributed by atoms with Gasteiger partial charge in [0.05, 0.1) is 4.92 Å². The van der Waals surface area contributed by atoms with Gasteiger partial charge in [-0.05, 0) is 56.0 Å². The molecule has 0 spiro atoms. The molecule has 0 amide bonds. The summed E-state index contributed by atoms with van der Waals surface area (Å²) in [6.45, 7) is 1.34. The molecule has 7 nitrogen and oxygen atoms in total. The fourth-order valence-corrected chi connectivity index (χ4v) is 3.42. The molecule has 2 aromatic carbocycles. The van der Waals surface area contributed by atoms with Gasteiger partial charge in [0.2, 0.25) is 5.75 Å². The van der Waals surface area contributed by atoms with Crippen LogP contribution in [-0.2, 0) is 12.8 Å². The van der Waals surface area contributed by atoms with E-state index in [9.17, 15) is 19.7 Å². The van der Waals surface area contributed by atoms with E-state index in [1.165, 1.54) is 25.1 Å². The molecule has 1 aliphatic carbocycles. The van der Waals surface area contributed by atoms with Crippen LogP contribution in [0.2, 0.25) is 0 Å². The summed E-state index contributed by atoms with van der Waals surface area (Å²) in [5.41, 5.74) is 1.70. The van der Waals surface area contributed by atoms with Crippen LogP contribution in [0.5, 0.6) is 11.5 Å². The maximum atomic E-state index is 12.1. The van der Waals surface area contributed by atoms with Crippen molar-refractivity contribution in [2.24, 2.45) is 0 Å². The molecule has 7 heteroatoms. The van der Waals surface area contributed by atoms with Gasteiger partial charge in [0.25, 0.3) is 0 Å². The smallest absolute Gasteiger partial charge is 0.339 e. The van der Waals surface area contributed by atoms with Crippen LogP contribution in [0.1, 0.15) is 34.8 Å². The first kappa shape index (κ1) is 17.0. The fraction of sp³-hybridized carbons (Fsp3) is 0.200. The molecule has 0 N–H and O–H groups in total. The number of fused-ring (bicyclic) bond motifs is 3. The molecule has 1 heterocycles. The Balaban J connectivity index is 1.76.